The molecule has 0 fully saturated rings. The number of hydrogen-bond donors (Lipinski definition) is 1. The lowest BCUT2D eigenvalue weighted by molar-refractivity contribution is 0.0686. The van der Waals surface area contributed by atoms with Gasteiger partial charge in [0.25, 0.3) is 0 Å². The highest BCUT2D eigenvalue weighted by atomic mass is 16.5. The summed E-state index contributed by atoms with van der Waals surface area (Å²) < 4.78 is 10.3. The number of carboxylic acids is 1. The number of aryl methyl sites for hydroxylation is 3. The van der Waals surface area contributed by atoms with Gasteiger partial charge < -0.3 is 14.4 Å². The van der Waals surface area contributed by atoms with Crippen LogP contribution < -0.4 is 4.74 Å². The number of carbonyl (C=O) groups is 1. The van der Waals surface area contributed by atoms with Crippen LogP contribution in [-0.2, 0) is 0 Å². The van der Waals surface area contributed by atoms with Crippen molar-refractivity contribution in [2.45, 2.75) is 20.8 Å². The Hall–Kier alpha value is -2.30. The Balaban J connectivity index is 2.69. The molecular weight excluding hydrogens is 246 g/mol. The van der Waals surface area contributed by atoms with Gasteiger partial charge >= 0.3 is 5.97 Å². The molecule has 0 aliphatic rings. The molecule has 0 saturated carbocycles. The van der Waals surface area contributed by atoms with Crippen molar-refractivity contribution in [3.8, 4) is 16.9 Å². The summed E-state index contributed by atoms with van der Waals surface area (Å²) in [5.41, 5.74) is 3.10. The lowest BCUT2D eigenvalue weighted by Gasteiger charge is -2.11. The molecule has 100 valence electrons. The quantitative estimate of drug-likeness (QED) is 0.919. The second-order valence-electron chi connectivity index (χ2n) is 4.40. The predicted octanol–water partition coefficient (Wildman–Crippen LogP) is 2.97. The summed E-state index contributed by atoms with van der Waals surface area (Å²) in [6, 6.07) is 3.77. The van der Waals surface area contributed by atoms with E-state index in [0.29, 0.717) is 11.3 Å². The van der Waals surface area contributed by atoms with E-state index in [9.17, 15) is 4.79 Å². The summed E-state index contributed by atoms with van der Waals surface area (Å²) in [6.07, 6.45) is 0. The molecule has 2 aromatic rings. The zero-order valence-electron chi connectivity index (χ0n) is 11.3. The molecule has 0 aliphatic carbocycles. The number of ether oxygens (including phenoxy) is 1. The van der Waals surface area contributed by atoms with Crippen LogP contribution in [0.5, 0.6) is 5.75 Å². The summed E-state index contributed by atoms with van der Waals surface area (Å²) in [5, 5.41) is 12.8. The van der Waals surface area contributed by atoms with Gasteiger partial charge in [0.05, 0.1) is 12.7 Å². The van der Waals surface area contributed by atoms with Gasteiger partial charge in [0.1, 0.15) is 11.5 Å². The van der Waals surface area contributed by atoms with E-state index in [2.05, 4.69) is 5.16 Å². The molecule has 0 saturated heterocycles. The van der Waals surface area contributed by atoms with E-state index in [1.165, 1.54) is 0 Å². The molecule has 5 nitrogen and oxygen atoms in total. The number of carboxylic acid groups (broad SMARTS) is 1. The van der Waals surface area contributed by atoms with Crippen LogP contribution in [0.15, 0.2) is 16.7 Å². The van der Waals surface area contributed by atoms with E-state index in [1.807, 2.05) is 26.0 Å². The van der Waals surface area contributed by atoms with Crippen LogP contribution in [0.1, 0.15) is 27.4 Å². The number of methoxy groups -OCH3 is 1. The van der Waals surface area contributed by atoms with Gasteiger partial charge in [-0.2, -0.15) is 0 Å². The summed E-state index contributed by atoms with van der Waals surface area (Å²) >= 11 is 0. The molecule has 0 spiro atoms. The highest BCUT2D eigenvalue weighted by molar-refractivity contribution is 5.95. The third-order valence-electron chi connectivity index (χ3n) is 3.08. The Morgan fingerprint density at radius 1 is 1.26 bits per heavy atom. The molecule has 0 amide bonds. The van der Waals surface area contributed by atoms with Gasteiger partial charge in [0.2, 0.25) is 0 Å². The maximum Gasteiger partial charge on any atom is 0.358 e. The van der Waals surface area contributed by atoms with Crippen molar-refractivity contribution in [3.63, 3.8) is 0 Å². The molecular formula is C14H15NO4. The normalized spacial score (nSPS) is 10.5. The van der Waals surface area contributed by atoms with E-state index in [-0.39, 0.29) is 5.69 Å². The largest absolute Gasteiger partial charge is 0.496 e. The Bertz CT molecular complexity index is 643. The molecule has 0 unspecified atom stereocenters. The van der Waals surface area contributed by atoms with E-state index in [1.54, 1.807) is 14.0 Å². The van der Waals surface area contributed by atoms with Gasteiger partial charge in [-0.1, -0.05) is 5.16 Å². The molecule has 19 heavy (non-hydrogen) atoms. The lowest BCUT2D eigenvalue weighted by atomic mass is 9.96. The molecule has 1 heterocycles. The van der Waals surface area contributed by atoms with E-state index < -0.39 is 5.97 Å². The minimum absolute atomic E-state index is 0.0647. The zero-order valence-corrected chi connectivity index (χ0v) is 11.3. The second kappa shape index (κ2) is 4.76. The second-order valence-corrected chi connectivity index (χ2v) is 4.40. The molecule has 2 rings (SSSR count). The lowest BCUT2D eigenvalue weighted by Crippen LogP contribution is -2.00. The number of aromatic nitrogens is 1. The van der Waals surface area contributed by atoms with Gasteiger partial charge in [-0.15, -0.1) is 0 Å². The Labute approximate surface area is 110 Å². The SMILES string of the molecule is COc1cc(C)c(-c2c(C(=O)O)noc2C)cc1C. The molecule has 5 heteroatoms. The third kappa shape index (κ3) is 2.19. The smallest absolute Gasteiger partial charge is 0.358 e. The van der Waals surface area contributed by atoms with Gasteiger partial charge in [-0.05, 0) is 49.6 Å². The van der Waals surface area contributed by atoms with Gasteiger partial charge in [0, 0.05) is 0 Å². The van der Waals surface area contributed by atoms with Crippen molar-refractivity contribution >= 4 is 5.97 Å². The first-order valence-corrected chi connectivity index (χ1v) is 5.81. The fraction of sp³-hybridized carbons (Fsp3) is 0.286. The Morgan fingerprint density at radius 2 is 1.95 bits per heavy atom. The topological polar surface area (TPSA) is 72.6 Å². The van der Waals surface area contributed by atoms with Crippen molar-refractivity contribution in [1.82, 2.24) is 5.16 Å². The van der Waals surface area contributed by atoms with Crippen LogP contribution in [0, 0.1) is 20.8 Å². The highest BCUT2D eigenvalue weighted by Crippen LogP contribution is 2.34. The predicted molar refractivity (Wildman–Crippen MR) is 69.7 cm³/mol. The number of benzene rings is 1. The van der Waals surface area contributed by atoms with Crippen LogP contribution in [0.25, 0.3) is 11.1 Å². The van der Waals surface area contributed by atoms with Gasteiger partial charge in [0.15, 0.2) is 5.69 Å². The van der Waals surface area contributed by atoms with Crippen molar-refractivity contribution in [2.75, 3.05) is 7.11 Å². The number of hydrogen-bond acceptors (Lipinski definition) is 4. The third-order valence-corrected chi connectivity index (χ3v) is 3.08. The average molecular weight is 261 g/mol. The molecule has 0 aliphatic heterocycles. The fourth-order valence-corrected chi connectivity index (χ4v) is 2.11. The highest BCUT2D eigenvalue weighted by Gasteiger charge is 2.22. The van der Waals surface area contributed by atoms with E-state index in [4.69, 9.17) is 14.4 Å². The zero-order chi connectivity index (χ0) is 14.2. The van der Waals surface area contributed by atoms with Crippen molar-refractivity contribution in [1.29, 1.82) is 0 Å². The average Bonchev–Trinajstić information content (AvgIpc) is 2.73. The fourth-order valence-electron chi connectivity index (χ4n) is 2.11. The molecule has 0 radical (unpaired) electrons. The first-order chi connectivity index (χ1) is 8.95. The Morgan fingerprint density at radius 3 is 2.53 bits per heavy atom. The standard InChI is InChI=1S/C14H15NO4/c1-7-6-11(18-4)8(2)5-10(7)12-9(3)19-15-13(12)14(16)17/h5-6H,1-4H3,(H,16,17). The summed E-state index contributed by atoms with van der Waals surface area (Å²) in [7, 11) is 1.61. The Kier molecular flexibility index (Phi) is 3.29. The van der Waals surface area contributed by atoms with Crippen LogP contribution in [-0.4, -0.2) is 23.3 Å². The van der Waals surface area contributed by atoms with Crippen LogP contribution in [0.3, 0.4) is 0 Å². The molecule has 1 aromatic heterocycles. The maximum atomic E-state index is 11.2. The monoisotopic (exact) mass is 261 g/mol. The first kappa shape index (κ1) is 13.1. The van der Waals surface area contributed by atoms with E-state index >= 15 is 0 Å². The van der Waals surface area contributed by atoms with Crippen LogP contribution in [0.2, 0.25) is 0 Å². The van der Waals surface area contributed by atoms with Crippen molar-refractivity contribution in [3.05, 3.63) is 34.7 Å². The van der Waals surface area contributed by atoms with Crippen molar-refractivity contribution in [2.24, 2.45) is 0 Å². The van der Waals surface area contributed by atoms with Crippen LogP contribution in [0.4, 0.5) is 0 Å². The molecule has 0 bridgehead atoms. The number of rotatable bonds is 3. The minimum atomic E-state index is -1.10. The summed E-state index contributed by atoms with van der Waals surface area (Å²) in [5.74, 6) is 0.164. The minimum Gasteiger partial charge on any atom is -0.496 e. The van der Waals surface area contributed by atoms with Crippen molar-refractivity contribution < 1.29 is 19.2 Å². The molecule has 0 atom stereocenters. The number of nitrogens with zero attached hydrogens (tertiary/aromatic N) is 1. The van der Waals surface area contributed by atoms with Crippen LogP contribution >= 0.6 is 0 Å². The summed E-state index contributed by atoms with van der Waals surface area (Å²) in [6.45, 7) is 5.51. The molecule has 1 N–H and O–H groups in total. The summed E-state index contributed by atoms with van der Waals surface area (Å²) in [4.78, 5) is 11.2. The molecule has 1 aromatic carbocycles. The van der Waals surface area contributed by atoms with Gasteiger partial charge in [-0.25, -0.2) is 4.79 Å². The first-order valence-electron chi connectivity index (χ1n) is 5.81. The van der Waals surface area contributed by atoms with Gasteiger partial charge in [-0.3, -0.25) is 0 Å². The maximum absolute atomic E-state index is 11.2. The number of aromatic carboxylic acids is 1. The van der Waals surface area contributed by atoms with E-state index in [0.717, 1.165) is 22.4 Å².